The van der Waals surface area contributed by atoms with Crippen LogP contribution in [0.1, 0.15) is 32.4 Å². The van der Waals surface area contributed by atoms with Gasteiger partial charge in [0.25, 0.3) is 0 Å². The van der Waals surface area contributed by atoms with E-state index in [0.717, 1.165) is 12.1 Å². The van der Waals surface area contributed by atoms with E-state index in [9.17, 15) is 5.11 Å². The predicted molar refractivity (Wildman–Crippen MR) is 81.2 cm³/mol. The minimum absolute atomic E-state index is 0.239. The number of nitrogens with one attached hydrogen (secondary N) is 1. The fraction of sp³-hybridized carbons (Fsp3) is 0.412. The molecule has 2 nitrogen and oxygen atoms in total. The molecule has 0 saturated heterocycles. The van der Waals surface area contributed by atoms with Crippen molar-refractivity contribution >= 4 is 10.8 Å². The summed E-state index contributed by atoms with van der Waals surface area (Å²) in [7, 11) is 0. The van der Waals surface area contributed by atoms with Crippen molar-refractivity contribution in [1.29, 1.82) is 0 Å². The van der Waals surface area contributed by atoms with Gasteiger partial charge in [-0.3, -0.25) is 0 Å². The molecule has 0 spiro atoms. The van der Waals surface area contributed by atoms with E-state index in [4.69, 9.17) is 0 Å². The zero-order valence-corrected chi connectivity index (χ0v) is 12.0. The number of aliphatic hydroxyl groups is 1. The van der Waals surface area contributed by atoms with Gasteiger partial charge in [-0.25, -0.2) is 0 Å². The van der Waals surface area contributed by atoms with Crippen LogP contribution >= 0.6 is 0 Å². The van der Waals surface area contributed by atoms with Crippen molar-refractivity contribution in [1.82, 2.24) is 5.32 Å². The minimum atomic E-state index is -0.452. The van der Waals surface area contributed by atoms with E-state index in [0.29, 0.717) is 6.54 Å². The molecule has 0 amide bonds. The van der Waals surface area contributed by atoms with Crippen molar-refractivity contribution in [3.8, 4) is 0 Å². The fourth-order valence-corrected chi connectivity index (χ4v) is 2.12. The number of aliphatic hydroxyl groups excluding tert-OH is 1. The van der Waals surface area contributed by atoms with Gasteiger partial charge < -0.3 is 10.4 Å². The maximum absolute atomic E-state index is 10.2. The number of fused-ring (bicyclic) bond motifs is 1. The van der Waals surface area contributed by atoms with E-state index in [-0.39, 0.29) is 5.41 Å². The Labute approximate surface area is 115 Å². The number of hydrogen-bond acceptors (Lipinski definition) is 2. The van der Waals surface area contributed by atoms with Crippen LogP contribution in [-0.4, -0.2) is 18.2 Å². The highest BCUT2D eigenvalue weighted by atomic mass is 16.3. The van der Waals surface area contributed by atoms with E-state index < -0.39 is 6.10 Å². The van der Waals surface area contributed by atoms with E-state index in [1.165, 1.54) is 10.8 Å². The molecule has 0 radical (unpaired) electrons. The third-order valence-corrected chi connectivity index (χ3v) is 3.15. The Morgan fingerprint density at radius 1 is 1.05 bits per heavy atom. The molecule has 0 aromatic heterocycles. The molecule has 0 fully saturated rings. The van der Waals surface area contributed by atoms with Crippen LogP contribution in [-0.2, 0) is 0 Å². The summed E-state index contributed by atoms with van der Waals surface area (Å²) in [6.07, 6.45) is -0.452. The second-order valence-electron chi connectivity index (χ2n) is 6.31. The lowest BCUT2D eigenvalue weighted by molar-refractivity contribution is 0.170. The van der Waals surface area contributed by atoms with Crippen molar-refractivity contribution in [2.45, 2.75) is 26.9 Å². The number of benzene rings is 2. The summed E-state index contributed by atoms with van der Waals surface area (Å²) in [4.78, 5) is 0. The van der Waals surface area contributed by atoms with Crippen LogP contribution in [0.25, 0.3) is 10.8 Å². The summed E-state index contributed by atoms with van der Waals surface area (Å²) in [5, 5.41) is 15.9. The molecule has 102 valence electrons. The average molecular weight is 257 g/mol. The van der Waals surface area contributed by atoms with Crippen molar-refractivity contribution < 1.29 is 5.11 Å². The number of rotatable bonds is 4. The smallest absolute Gasteiger partial charge is 0.0914 e. The third-order valence-electron chi connectivity index (χ3n) is 3.15. The molecule has 2 heteroatoms. The van der Waals surface area contributed by atoms with Crippen molar-refractivity contribution in [3.05, 3.63) is 48.0 Å². The van der Waals surface area contributed by atoms with E-state index in [1.54, 1.807) is 0 Å². The Morgan fingerprint density at radius 3 is 2.42 bits per heavy atom. The third kappa shape index (κ3) is 4.05. The second kappa shape index (κ2) is 5.72. The van der Waals surface area contributed by atoms with Gasteiger partial charge in [-0.05, 0) is 27.8 Å². The molecule has 2 aromatic rings. The molecule has 1 unspecified atom stereocenters. The van der Waals surface area contributed by atoms with Crippen molar-refractivity contribution in [2.75, 3.05) is 13.1 Å². The van der Waals surface area contributed by atoms with Gasteiger partial charge in [0.2, 0.25) is 0 Å². The second-order valence-corrected chi connectivity index (χ2v) is 6.31. The van der Waals surface area contributed by atoms with Gasteiger partial charge in [-0.1, -0.05) is 57.2 Å². The molecule has 0 aliphatic heterocycles. The Kier molecular flexibility index (Phi) is 4.23. The van der Waals surface area contributed by atoms with Crippen LogP contribution in [0.4, 0.5) is 0 Å². The highest BCUT2D eigenvalue weighted by Crippen LogP contribution is 2.20. The lowest BCUT2D eigenvalue weighted by Gasteiger charge is -2.20. The highest BCUT2D eigenvalue weighted by molar-refractivity contribution is 5.83. The van der Waals surface area contributed by atoms with Crippen LogP contribution in [0, 0.1) is 5.41 Å². The van der Waals surface area contributed by atoms with Gasteiger partial charge in [0.1, 0.15) is 0 Å². The number of hydrogen-bond donors (Lipinski definition) is 2. The minimum Gasteiger partial charge on any atom is -0.387 e. The first-order valence-corrected chi connectivity index (χ1v) is 6.83. The van der Waals surface area contributed by atoms with Crippen LogP contribution in [0.5, 0.6) is 0 Å². The first-order valence-electron chi connectivity index (χ1n) is 6.83. The quantitative estimate of drug-likeness (QED) is 0.878. The summed E-state index contributed by atoms with van der Waals surface area (Å²) < 4.78 is 0. The van der Waals surface area contributed by atoms with Gasteiger partial charge in [-0.2, -0.15) is 0 Å². The summed E-state index contributed by atoms with van der Waals surface area (Å²) >= 11 is 0. The highest BCUT2D eigenvalue weighted by Gasteiger charge is 2.12. The van der Waals surface area contributed by atoms with Crippen molar-refractivity contribution in [2.24, 2.45) is 5.41 Å². The molecule has 0 aliphatic carbocycles. The Bertz CT molecular complexity index is 542. The lowest BCUT2D eigenvalue weighted by Crippen LogP contribution is -2.30. The first kappa shape index (κ1) is 14.0. The zero-order chi connectivity index (χ0) is 13.9. The summed E-state index contributed by atoms with van der Waals surface area (Å²) in [5.41, 5.74) is 1.21. The van der Waals surface area contributed by atoms with Crippen LogP contribution in [0.3, 0.4) is 0 Å². The average Bonchev–Trinajstić information content (AvgIpc) is 2.36. The summed E-state index contributed by atoms with van der Waals surface area (Å²) in [6.45, 7) is 8.04. The fourth-order valence-electron chi connectivity index (χ4n) is 2.12. The topological polar surface area (TPSA) is 32.3 Å². The summed E-state index contributed by atoms with van der Waals surface area (Å²) in [5.74, 6) is 0. The summed E-state index contributed by atoms with van der Waals surface area (Å²) in [6, 6.07) is 14.4. The van der Waals surface area contributed by atoms with Gasteiger partial charge in [0, 0.05) is 13.1 Å². The van der Waals surface area contributed by atoms with Gasteiger partial charge >= 0.3 is 0 Å². The molecular weight excluding hydrogens is 234 g/mol. The molecule has 0 aliphatic rings. The standard InChI is InChI=1S/C17H23NO/c1-17(2,3)12-18-11-16(19)15-9-8-13-6-4-5-7-14(13)10-15/h4-10,16,18-19H,11-12H2,1-3H3. The maximum Gasteiger partial charge on any atom is 0.0914 e. The molecule has 1 atom stereocenters. The van der Waals surface area contributed by atoms with Gasteiger partial charge in [-0.15, -0.1) is 0 Å². The first-order chi connectivity index (χ1) is 8.96. The predicted octanol–water partition coefficient (Wildman–Crippen LogP) is 3.51. The molecule has 2 rings (SSSR count). The Balaban J connectivity index is 2.03. The zero-order valence-electron chi connectivity index (χ0n) is 12.0. The van der Waals surface area contributed by atoms with E-state index >= 15 is 0 Å². The van der Waals surface area contributed by atoms with Crippen molar-refractivity contribution in [3.63, 3.8) is 0 Å². The Morgan fingerprint density at radius 2 is 1.74 bits per heavy atom. The normalized spacial score (nSPS) is 13.7. The van der Waals surface area contributed by atoms with Crippen LogP contribution < -0.4 is 5.32 Å². The monoisotopic (exact) mass is 257 g/mol. The Hall–Kier alpha value is -1.38. The van der Waals surface area contributed by atoms with Gasteiger partial charge in [0.15, 0.2) is 0 Å². The van der Waals surface area contributed by atoms with Crippen LogP contribution in [0.2, 0.25) is 0 Å². The van der Waals surface area contributed by atoms with Gasteiger partial charge in [0.05, 0.1) is 6.10 Å². The molecule has 19 heavy (non-hydrogen) atoms. The largest absolute Gasteiger partial charge is 0.387 e. The molecule has 2 aromatic carbocycles. The lowest BCUT2D eigenvalue weighted by atomic mass is 9.96. The van der Waals surface area contributed by atoms with E-state index in [2.05, 4.69) is 50.4 Å². The SMILES string of the molecule is CC(C)(C)CNCC(O)c1ccc2ccccc2c1. The molecule has 0 heterocycles. The molecule has 0 bridgehead atoms. The molecular formula is C17H23NO. The molecule has 0 saturated carbocycles. The van der Waals surface area contributed by atoms with E-state index in [1.807, 2.05) is 18.2 Å². The maximum atomic E-state index is 10.2. The molecule has 2 N–H and O–H groups in total. The van der Waals surface area contributed by atoms with Crippen LogP contribution in [0.15, 0.2) is 42.5 Å².